The summed E-state index contributed by atoms with van der Waals surface area (Å²) < 4.78 is 0. The van der Waals surface area contributed by atoms with Gasteiger partial charge >= 0.3 is 0 Å². The van der Waals surface area contributed by atoms with Gasteiger partial charge in [-0.2, -0.15) is 0 Å². The minimum atomic E-state index is 0. The van der Waals surface area contributed by atoms with Crippen molar-refractivity contribution in [3.8, 4) is 0 Å². The Balaban J connectivity index is 0.00000180. The predicted octanol–water partition coefficient (Wildman–Crippen LogP) is 4.14. The van der Waals surface area contributed by atoms with E-state index in [1.54, 1.807) is 0 Å². The third kappa shape index (κ3) is 5.46. The molecular weight excluding hydrogens is 254 g/mol. The van der Waals surface area contributed by atoms with E-state index in [1.165, 1.54) is 23.1 Å². The molecule has 0 saturated heterocycles. The van der Waals surface area contributed by atoms with Crippen LogP contribution in [0, 0.1) is 6.92 Å². The molecule has 2 rings (SSSR count). The maximum Gasteiger partial charge on any atom is 0.0205 e. The van der Waals surface area contributed by atoms with Crippen molar-refractivity contribution < 1.29 is 0 Å². The summed E-state index contributed by atoms with van der Waals surface area (Å²) in [7, 11) is 0. The number of rotatable bonds is 6. The number of hydrogen-bond donors (Lipinski definition) is 1. The second kappa shape index (κ2) is 8.73. The zero-order valence-electron chi connectivity index (χ0n) is 11.4. The fourth-order valence-electron chi connectivity index (χ4n) is 2.12. The van der Waals surface area contributed by atoms with E-state index in [0.29, 0.717) is 0 Å². The molecule has 0 radical (unpaired) electrons. The number of aryl methyl sites for hydroxylation is 2. The van der Waals surface area contributed by atoms with Crippen molar-refractivity contribution in [3.63, 3.8) is 0 Å². The summed E-state index contributed by atoms with van der Waals surface area (Å²) in [6.45, 7) is 4.23. The van der Waals surface area contributed by atoms with Gasteiger partial charge in [0.05, 0.1) is 0 Å². The molecular formula is C17H22ClN. The van der Waals surface area contributed by atoms with Crippen molar-refractivity contribution in [3.05, 3.63) is 71.3 Å². The summed E-state index contributed by atoms with van der Waals surface area (Å²) in [5.41, 5.74) is 4.23. The Kier molecular flexibility index (Phi) is 7.24. The summed E-state index contributed by atoms with van der Waals surface area (Å²) in [5.74, 6) is 0. The molecule has 0 fully saturated rings. The molecule has 0 spiro atoms. The van der Waals surface area contributed by atoms with Gasteiger partial charge in [-0.25, -0.2) is 0 Å². The molecule has 0 unspecified atom stereocenters. The van der Waals surface area contributed by atoms with Gasteiger partial charge in [0.2, 0.25) is 0 Å². The van der Waals surface area contributed by atoms with Crippen molar-refractivity contribution in [2.75, 3.05) is 6.54 Å². The highest BCUT2D eigenvalue weighted by atomic mass is 35.5. The highest BCUT2D eigenvalue weighted by Crippen LogP contribution is 2.09. The van der Waals surface area contributed by atoms with E-state index in [0.717, 1.165) is 19.5 Å². The lowest BCUT2D eigenvalue weighted by Gasteiger charge is -2.07. The molecule has 2 aromatic carbocycles. The van der Waals surface area contributed by atoms with Crippen LogP contribution in [0.2, 0.25) is 0 Å². The van der Waals surface area contributed by atoms with Crippen LogP contribution < -0.4 is 5.32 Å². The van der Waals surface area contributed by atoms with Crippen LogP contribution in [-0.4, -0.2) is 6.54 Å². The van der Waals surface area contributed by atoms with Crippen LogP contribution in [0.5, 0.6) is 0 Å². The number of halogens is 1. The van der Waals surface area contributed by atoms with Gasteiger partial charge in [0.15, 0.2) is 0 Å². The number of nitrogens with one attached hydrogen (secondary N) is 1. The van der Waals surface area contributed by atoms with Crippen molar-refractivity contribution in [1.29, 1.82) is 0 Å². The van der Waals surface area contributed by atoms with Gasteiger partial charge in [0.25, 0.3) is 0 Å². The van der Waals surface area contributed by atoms with Gasteiger partial charge < -0.3 is 5.32 Å². The molecule has 0 amide bonds. The molecule has 0 saturated carbocycles. The summed E-state index contributed by atoms with van der Waals surface area (Å²) in [6.07, 6.45) is 2.35. The van der Waals surface area contributed by atoms with Crippen molar-refractivity contribution >= 4 is 12.4 Å². The van der Waals surface area contributed by atoms with Crippen LogP contribution in [0.25, 0.3) is 0 Å². The lowest BCUT2D eigenvalue weighted by Crippen LogP contribution is -2.15. The van der Waals surface area contributed by atoms with Crippen LogP contribution in [0.1, 0.15) is 23.1 Å². The largest absolute Gasteiger partial charge is 0.313 e. The molecule has 0 bridgehead atoms. The van der Waals surface area contributed by atoms with Gasteiger partial charge in [-0.1, -0.05) is 54.6 Å². The zero-order chi connectivity index (χ0) is 12.6. The maximum absolute atomic E-state index is 3.49. The average Bonchev–Trinajstić information content (AvgIpc) is 2.42. The van der Waals surface area contributed by atoms with Crippen LogP contribution in [0.15, 0.2) is 54.6 Å². The Morgan fingerprint density at radius 3 is 2.32 bits per heavy atom. The Labute approximate surface area is 122 Å². The molecule has 0 heterocycles. The fourth-order valence-corrected chi connectivity index (χ4v) is 2.12. The first-order valence-electron chi connectivity index (χ1n) is 6.65. The molecule has 0 aliphatic rings. The SMILES string of the molecule is Cc1ccccc1CCCNCc1ccccc1.Cl. The first-order valence-corrected chi connectivity index (χ1v) is 6.65. The third-order valence-electron chi connectivity index (χ3n) is 3.23. The molecule has 0 aromatic heterocycles. The van der Waals surface area contributed by atoms with Gasteiger partial charge in [-0.15, -0.1) is 12.4 Å². The van der Waals surface area contributed by atoms with Crippen molar-refractivity contribution in [2.24, 2.45) is 0 Å². The van der Waals surface area contributed by atoms with E-state index in [1.807, 2.05) is 0 Å². The van der Waals surface area contributed by atoms with Crippen molar-refractivity contribution in [1.82, 2.24) is 5.32 Å². The van der Waals surface area contributed by atoms with Gasteiger partial charge in [0.1, 0.15) is 0 Å². The zero-order valence-corrected chi connectivity index (χ0v) is 12.2. The second-order valence-electron chi connectivity index (χ2n) is 4.69. The number of benzene rings is 2. The molecule has 0 atom stereocenters. The monoisotopic (exact) mass is 275 g/mol. The summed E-state index contributed by atoms with van der Waals surface area (Å²) in [6, 6.07) is 19.2. The third-order valence-corrected chi connectivity index (χ3v) is 3.23. The minimum absolute atomic E-state index is 0. The second-order valence-corrected chi connectivity index (χ2v) is 4.69. The van der Waals surface area contributed by atoms with Crippen LogP contribution in [0.4, 0.5) is 0 Å². The van der Waals surface area contributed by atoms with E-state index >= 15 is 0 Å². The van der Waals surface area contributed by atoms with Crippen LogP contribution in [0.3, 0.4) is 0 Å². The number of hydrogen-bond acceptors (Lipinski definition) is 1. The maximum atomic E-state index is 3.49. The van der Waals surface area contributed by atoms with Crippen LogP contribution in [-0.2, 0) is 13.0 Å². The molecule has 1 N–H and O–H groups in total. The first kappa shape index (κ1) is 15.7. The molecule has 1 nitrogen and oxygen atoms in total. The molecule has 0 aliphatic carbocycles. The standard InChI is InChI=1S/C17H21N.ClH/c1-15-8-5-6-11-17(15)12-7-13-18-14-16-9-3-2-4-10-16;/h2-6,8-11,18H,7,12-14H2,1H3;1H. The highest BCUT2D eigenvalue weighted by molar-refractivity contribution is 5.85. The predicted molar refractivity (Wildman–Crippen MR) is 84.9 cm³/mol. The smallest absolute Gasteiger partial charge is 0.0205 e. The van der Waals surface area contributed by atoms with Gasteiger partial charge in [0, 0.05) is 6.54 Å². The summed E-state index contributed by atoms with van der Waals surface area (Å²) in [4.78, 5) is 0. The topological polar surface area (TPSA) is 12.0 Å². The van der Waals surface area contributed by atoms with E-state index in [-0.39, 0.29) is 12.4 Å². The quantitative estimate of drug-likeness (QED) is 0.782. The Morgan fingerprint density at radius 1 is 0.895 bits per heavy atom. The van der Waals surface area contributed by atoms with E-state index in [4.69, 9.17) is 0 Å². The molecule has 2 heteroatoms. The van der Waals surface area contributed by atoms with E-state index in [2.05, 4.69) is 66.8 Å². The Morgan fingerprint density at radius 2 is 1.58 bits per heavy atom. The summed E-state index contributed by atoms with van der Waals surface area (Å²) >= 11 is 0. The Hall–Kier alpha value is -1.31. The minimum Gasteiger partial charge on any atom is -0.313 e. The van der Waals surface area contributed by atoms with E-state index in [9.17, 15) is 0 Å². The normalized spacial score (nSPS) is 9.95. The molecule has 2 aromatic rings. The van der Waals surface area contributed by atoms with Gasteiger partial charge in [-0.05, 0) is 43.0 Å². The summed E-state index contributed by atoms with van der Waals surface area (Å²) in [5, 5.41) is 3.49. The molecule has 102 valence electrons. The van der Waals surface area contributed by atoms with E-state index < -0.39 is 0 Å². The molecule has 0 aliphatic heterocycles. The molecule has 19 heavy (non-hydrogen) atoms. The average molecular weight is 276 g/mol. The van der Waals surface area contributed by atoms with Crippen molar-refractivity contribution in [2.45, 2.75) is 26.3 Å². The van der Waals surface area contributed by atoms with Gasteiger partial charge in [-0.3, -0.25) is 0 Å². The van der Waals surface area contributed by atoms with Crippen LogP contribution >= 0.6 is 12.4 Å². The lowest BCUT2D eigenvalue weighted by atomic mass is 10.0. The highest BCUT2D eigenvalue weighted by Gasteiger charge is 1.96. The lowest BCUT2D eigenvalue weighted by molar-refractivity contribution is 0.648. The Bertz CT molecular complexity index is 468. The fraction of sp³-hybridized carbons (Fsp3) is 0.294. The first-order chi connectivity index (χ1) is 8.86.